The van der Waals surface area contributed by atoms with Gasteiger partial charge in [-0.3, -0.25) is 0 Å². The number of benzene rings is 1. The molecule has 2 atom stereocenters. The Morgan fingerprint density at radius 3 is 2.59 bits per heavy atom. The van der Waals surface area contributed by atoms with Crippen molar-refractivity contribution >= 4 is 0 Å². The number of halogens is 2. The van der Waals surface area contributed by atoms with Crippen molar-refractivity contribution in [3.05, 3.63) is 35.4 Å². The van der Waals surface area contributed by atoms with Crippen molar-refractivity contribution in [2.75, 3.05) is 14.2 Å². The monoisotopic (exact) mass is 241 g/mol. The second-order valence-electron chi connectivity index (χ2n) is 4.45. The van der Waals surface area contributed by atoms with Gasteiger partial charge in [0, 0.05) is 12.7 Å². The minimum Gasteiger partial charge on any atom is -0.379 e. The molecule has 2 unspecified atom stereocenters. The molecule has 0 heterocycles. The van der Waals surface area contributed by atoms with E-state index in [4.69, 9.17) is 4.74 Å². The average molecular weight is 241 g/mol. The molecule has 94 valence electrons. The van der Waals surface area contributed by atoms with Gasteiger partial charge in [0.15, 0.2) is 11.6 Å². The summed E-state index contributed by atoms with van der Waals surface area (Å²) in [5.74, 6) is -1.15. The summed E-state index contributed by atoms with van der Waals surface area (Å²) in [5.41, 5.74) is 0.339. The maximum absolute atomic E-state index is 13.7. The van der Waals surface area contributed by atoms with Crippen LogP contribution in [0.1, 0.15) is 24.4 Å². The van der Waals surface area contributed by atoms with Crippen LogP contribution in [0, 0.1) is 17.6 Å². The van der Waals surface area contributed by atoms with Crippen LogP contribution in [0.4, 0.5) is 8.78 Å². The molecule has 1 aliphatic rings. The highest BCUT2D eigenvalue weighted by Gasteiger charge is 2.38. The SMILES string of the molecule is CNC(c1cccc(F)c1F)C(OC)C1CC1. The van der Waals surface area contributed by atoms with E-state index in [0.29, 0.717) is 11.5 Å². The summed E-state index contributed by atoms with van der Waals surface area (Å²) in [7, 11) is 3.36. The zero-order valence-corrected chi connectivity index (χ0v) is 10.0. The van der Waals surface area contributed by atoms with Gasteiger partial charge in [-0.2, -0.15) is 0 Å². The molecule has 0 bridgehead atoms. The van der Waals surface area contributed by atoms with Gasteiger partial charge in [0.1, 0.15) is 0 Å². The van der Waals surface area contributed by atoms with Crippen LogP contribution in [0.5, 0.6) is 0 Å². The fourth-order valence-electron chi connectivity index (χ4n) is 2.28. The van der Waals surface area contributed by atoms with Gasteiger partial charge in [0.25, 0.3) is 0 Å². The predicted molar refractivity (Wildman–Crippen MR) is 61.7 cm³/mol. The Hall–Kier alpha value is -1.00. The molecular formula is C13H17F2NO. The summed E-state index contributed by atoms with van der Waals surface area (Å²) in [4.78, 5) is 0. The molecule has 1 aromatic carbocycles. The van der Waals surface area contributed by atoms with Crippen molar-refractivity contribution in [1.82, 2.24) is 5.32 Å². The van der Waals surface area contributed by atoms with Crippen molar-refractivity contribution in [2.45, 2.75) is 25.0 Å². The molecule has 17 heavy (non-hydrogen) atoms. The van der Waals surface area contributed by atoms with Gasteiger partial charge >= 0.3 is 0 Å². The normalized spacial score (nSPS) is 19.1. The molecular weight excluding hydrogens is 224 g/mol. The van der Waals surface area contributed by atoms with Crippen LogP contribution >= 0.6 is 0 Å². The van der Waals surface area contributed by atoms with Crippen LogP contribution in [0.2, 0.25) is 0 Å². The van der Waals surface area contributed by atoms with E-state index >= 15 is 0 Å². The van der Waals surface area contributed by atoms with Crippen LogP contribution < -0.4 is 5.32 Å². The lowest BCUT2D eigenvalue weighted by Gasteiger charge is -2.26. The Morgan fingerprint density at radius 1 is 1.35 bits per heavy atom. The van der Waals surface area contributed by atoms with Crippen LogP contribution in [0.25, 0.3) is 0 Å². The number of hydrogen-bond acceptors (Lipinski definition) is 2. The standard InChI is InChI=1S/C13H17F2NO/c1-16-12(13(17-2)8-6-7-8)9-4-3-5-10(14)11(9)15/h3-5,8,12-13,16H,6-7H2,1-2H3. The second-order valence-corrected chi connectivity index (χ2v) is 4.45. The molecule has 0 aliphatic heterocycles. The van der Waals surface area contributed by atoms with Gasteiger partial charge in [-0.1, -0.05) is 12.1 Å². The molecule has 2 nitrogen and oxygen atoms in total. The summed E-state index contributed by atoms with van der Waals surface area (Å²) in [6, 6.07) is 3.96. The molecule has 1 N–H and O–H groups in total. The van der Waals surface area contributed by atoms with E-state index in [0.717, 1.165) is 18.9 Å². The number of ether oxygens (including phenoxy) is 1. The summed E-state index contributed by atoms with van der Waals surface area (Å²) in [6.45, 7) is 0. The van der Waals surface area contributed by atoms with Crippen LogP contribution in [0.3, 0.4) is 0 Å². The highest BCUT2D eigenvalue weighted by Crippen LogP contribution is 2.40. The van der Waals surface area contributed by atoms with Crippen LogP contribution in [-0.2, 0) is 4.74 Å². The van der Waals surface area contributed by atoms with Gasteiger partial charge in [-0.05, 0) is 31.9 Å². The molecule has 4 heteroatoms. The number of methoxy groups -OCH3 is 1. The minimum absolute atomic E-state index is 0.101. The van der Waals surface area contributed by atoms with Gasteiger partial charge in [0.05, 0.1) is 12.1 Å². The lowest BCUT2D eigenvalue weighted by Crippen LogP contribution is -2.33. The van der Waals surface area contributed by atoms with E-state index in [2.05, 4.69) is 5.32 Å². The fourth-order valence-corrected chi connectivity index (χ4v) is 2.28. The van der Waals surface area contributed by atoms with Gasteiger partial charge in [0.2, 0.25) is 0 Å². The van der Waals surface area contributed by atoms with Crippen molar-refractivity contribution in [2.24, 2.45) is 5.92 Å². The average Bonchev–Trinajstić information content (AvgIpc) is 3.14. The summed E-state index contributed by atoms with van der Waals surface area (Å²) < 4.78 is 32.4. The zero-order chi connectivity index (χ0) is 12.4. The largest absolute Gasteiger partial charge is 0.379 e. The van der Waals surface area contributed by atoms with Crippen molar-refractivity contribution in [3.63, 3.8) is 0 Å². The van der Waals surface area contributed by atoms with E-state index in [9.17, 15) is 8.78 Å². The molecule has 1 aliphatic carbocycles. The van der Waals surface area contributed by atoms with E-state index < -0.39 is 11.6 Å². The van der Waals surface area contributed by atoms with Crippen molar-refractivity contribution in [1.29, 1.82) is 0 Å². The predicted octanol–water partition coefficient (Wildman–Crippen LogP) is 2.65. The third kappa shape index (κ3) is 2.48. The number of rotatable bonds is 5. The molecule has 0 radical (unpaired) electrons. The quantitative estimate of drug-likeness (QED) is 0.855. The molecule has 0 saturated heterocycles. The van der Waals surface area contributed by atoms with Gasteiger partial charge < -0.3 is 10.1 Å². The molecule has 2 rings (SSSR count). The van der Waals surface area contributed by atoms with E-state index in [1.165, 1.54) is 6.07 Å². The molecule has 0 spiro atoms. The Bertz CT molecular complexity index is 393. The topological polar surface area (TPSA) is 21.3 Å². The molecule has 1 aromatic rings. The van der Waals surface area contributed by atoms with E-state index in [-0.39, 0.29) is 12.1 Å². The van der Waals surface area contributed by atoms with E-state index in [1.807, 2.05) is 0 Å². The molecule has 0 aromatic heterocycles. The van der Waals surface area contributed by atoms with Crippen LogP contribution in [-0.4, -0.2) is 20.3 Å². The molecule has 1 fully saturated rings. The Labute approximate surface area is 100.0 Å². The summed E-state index contributed by atoms with van der Waals surface area (Å²) in [5, 5.41) is 3.03. The maximum atomic E-state index is 13.7. The zero-order valence-electron chi connectivity index (χ0n) is 10.0. The third-order valence-corrected chi connectivity index (χ3v) is 3.31. The summed E-state index contributed by atoms with van der Waals surface area (Å²) in [6.07, 6.45) is 2.08. The maximum Gasteiger partial charge on any atom is 0.163 e. The first-order valence-corrected chi connectivity index (χ1v) is 5.83. The third-order valence-electron chi connectivity index (χ3n) is 3.31. The molecule has 1 saturated carbocycles. The first-order valence-electron chi connectivity index (χ1n) is 5.83. The summed E-state index contributed by atoms with van der Waals surface area (Å²) >= 11 is 0. The Balaban J connectivity index is 2.30. The highest BCUT2D eigenvalue weighted by molar-refractivity contribution is 5.24. The van der Waals surface area contributed by atoms with Crippen LogP contribution in [0.15, 0.2) is 18.2 Å². The van der Waals surface area contributed by atoms with Crippen molar-refractivity contribution in [3.8, 4) is 0 Å². The smallest absolute Gasteiger partial charge is 0.163 e. The second kappa shape index (κ2) is 5.10. The van der Waals surface area contributed by atoms with E-state index in [1.54, 1.807) is 20.2 Å². The lowest BCUT2D eigenvalue weighted by molar-refractivity contribution is 0.0518. The lowest BCUT2D eigenvalue weighted by atomic mass is 9.97. The number of likely N-dealkylation sites (N-methyl/N-ethyl adjacent to an activating group) is 1. The highest BCUT2D eigenvalue weighted by atomic mass is 19.2. The Kier molecular flexibility index (Phi) is 3.74. The van der Waals surface area contributed by atoms with Gasteiger partial charge in [-0.15, -0.1) is 0 Å². The first-order chi connectivity index (χ1) is 8.19. The molecule has 0 amide bonds. The Morgan fingerprint density at radius 2 is 2.06 bits per heavy atom. The number of hydrogen-bond donors (Lipinski definition) is 1. The first kappa shape index (κ1) is 12.5. The number of nitrogens with one attached hydrogen (secondary N) is 1. The van der Waals surface area contributed by atoms with Gasteiger partial charge in [-0.25, -0.2) is 8.78 Å². The minimum atomic E-state index is -0.812. The fraction of sp³-hybridized carbons (Fsp3) is 0.538. The van der Waals surface area contributed by atoms with Crippen molar-refractivity contribution < 1.29 is 13.5 Å².